The predicted octanol–water partition coefficient (Wildman–Crippen LogP) is 4.29. The van der Waals surface area contributed by atoms with E-state index in [1.807, 2.05) is 50.2 Å². The molecule has 1 fully saturated rings. The fraction of sp³-hybridized carbons (Fsp3) is 0.429. The highest BCUT2D eigenvalue weighted by molar-refractivity contribution is 5.94. The molecule has 2 aromatic carbocycles. The quantitative estimate of drug-likeness (QED) is 0.426. The van der Waals surface area contributed by atoms with E-state index >= 15 is 0 Å². The molecule has 1 saturated heterocycles. The number of hydrogen-bond donors (Lipinski definition) is 1. The summed E-state index contributed by atoms with van der Waals surface area (Å²) in [6, 6.07) is 15.5. The van der Waals surface area contributed by atoms with E-state index < -0.39 is 0 Å². The van der Waals surface area contributed by atoms with Crippen molar-refractivity contribution in [1.29, 1.82) is 0 Å². The molecule has 1 N–H and O–H groups in total. The molecule has 1 aliphatic heterocycles. The molecule has 8 heteroatoms. The maximum absolute atomic E-state index is 12.8. The molecule has 4 rings (SSSR count). The standard InChI is InChI=1S/C28H35N3O5/c1-20-27(21(2)36-30-20)19-35-26-9-5-7-23(17-26)28(32)29-18-22-6-4-8-25(16-22)34-15-12-31(3)24-10-13-33-14-11-24/h4-9,16-17,24H,10-15,18-19H2,1-3H3,(H,29,32). The van der Waals surface area contributed by atoms with Gasteiger partial charge in [0.25, 0.3) is 5.91 Å². The lowest BCUT2D eigenvalue weighted by Crippen LogP contribution is -2.38. The van der Waals surface area contributed by atoms with Crippen molar-refractivity contribution in [1.82, 2.24) is 15.4 Å². The minimum atomic E-state index is -0.165. The molecular weight excluding hydrogens is 458 g/mol. The van der Waals surface area contributed by atoms with Gasteiger partial charge in [-0.1, -0.05) is 23.4 Å². The van der Waals surface area contributed by atoms with E-state index in [1.54, 1.807) is 12.1 Å². The molecule has 192 valence electrons. The van der Waals surface area contributed by atoms with Crippen LogP contribution < -0.4 is 14.8 Å². The molecule has 0 atom stereocenters. The number of aromatic nitrogens is 1. The zero-order chi connectivity index (χ0) is 25.3. The molecule has 2 heterocycles. The predicted molar refractivity (Wildman–Crippen MR) is 136 cm³/mol. The molecule has 0 radical (unpaired) electrons. The number of aryl methyl sites for hydroxylation is 2. The van der Waals surface area contributed by atoms with Crippen molar-refractivity contribution in [2.45, 2.75) is 45.9 Å². The van der Waals surface area contributed by atoms with Crippen molar-refractivity contribution in [3.8, 4) is 11.5 Å². The normalized spacial score (nSPS) is 14.1. The second-order valence-electron chi connectivity index (χ2n) is 9.12. The van der Waals surface area contributed by atoms with Crippen molar-refractivity contribution in [2.75, 3.05) is 33.4 Å². The molecular formula is C28H35N3O5. The Bertz CT molecular complexity index is 1120. The van der Waals surface area contributed by atoms with Crippen LogP contribution >= 0.6 is 0 Å². The molecule has 0 aliphatic carbocycles. The van der Waals surface area contributed by atoms with Crippen LogP contribution in [0.5, 0.6) is 11.5 Å². The van der Waals surface area contributed by atoms with Crippen molar-refractivity contribution in [2.24, 2.45) is 0 Å². The number of carbonyl (C=O) groups excluding carboxylic acids is 1. The Morgan fingerprint density at radius 2 is 1.83 bits per heavy atom. The van der Waals surface area contributed by atoms with E-state index in [4.69, 9.17) is 18.7 Å². The van der Waals surface area contributed by atoms with Gasteiger partial charge in [0.2, 0.25) is 0 Å². The third-order valence-corrected chi connectivity index (χ3v) is 6.54. The molecule has 1 aliphatic rings. The number of amides is 1. The van der Waals surface area contributed by atoms with Crippen LogP contribution in [0.15, 0.2) is 53.1 Å². The number of rotatable bonds is 11. The number of hydrogen-bond acceptors (Lipinski definition) is 7. The zero-order valence-corrected chi connectivity index (χ0v) is 21.3. The van der Waals surface area contributed by atoms with Crippen LogP contribution in [0.1, 0.15) is 45.8 Å². The SMILES string of the molecule is Cc1noc(C)c1COc1cccc(C(=O)NCc2cccc(OCCN(C)C3CCOCC3)c2)c1. The lowest BCUT2D eigenvalue weighted by atomic mass is 10.1. The van der Waals surface area contributed by atoms with E-state index in [0.29, 0.717) is 37.1 Å². The van der Waals surface area contributed by atoms with Gasteiger partial charge in [0.15, 0.2) is 0 Å². The van der Waals surface area contributed by atoms with Crippen LogP contribution in [-0.2, 0) is 17.9 Å². The first kappa shape index (κ1) is 25.7. The van der Waals surface area contributed by atoms with Crippen molar-refractivity contribution < 1.29 is 23.5 Å². The molecule has 36 heavy (non-hydrogen) atoms. The summed E-state index contributed by atoms with van der Waals surface area (Å²) in [7, 11) is 2.14. The van der Waals surface area contributed by atoms with Gasteiger partial charge in [-0.05, 0) is 69.6 Å². The number of carbonyl (C=O) groups is 1. The Morgan fingerprint density at radius 3 is 2.58 bits per heavy atom. The summed E-state index contributed by atoms with van der Waals surface area (Å²) in [6.45, 7) is 7.63. The molecule has 1 amide bonds. The Balaban J connectivity index is 1.24. The second-order valence-corrected chi connectivity index (χ2v) is 9.12. The summed E-state index contributed by atoms with van der Waals surface area (Å²) in [5, 5.41) is 6.92. The lowest BCUT2D eigenvalue weighted by molar-refractivity contribution is 0.0392. The zero-order valence-electron chi connectivity index (χ0n) is 21.3. The van der Waals surface area contributed by atoms with Crippen LogP contribution in [0.3, 0.4) is 0 Å². The van der Waals surface area contributed by atoms with Gasteiger partial charge in [-0.25, -0.2) is 0 Å². The molecule has 0 saturated carbocycles. The fourth-order valence-electron chi connectivity index (χ4n) is 4.24. The van der Waals surface area contributed by atoms with Crippen LogP contribution in [0.2, 0.25) is 0 Å². The van der Waals surface area contributed by atoms with Gasteiger partial charge in [0.1, 0.15) is 30.5 Å². The average Bonchev–Trinajstić information content (AvgIpc) is 3.23. The van der Waals surface area contributed by atoms with E-state index in [1.165, 1.54) is 0 Å². The highest BCUT2D eigenvalue weighted by Crippen LogP contribution is 2.19. The van der Waals surface area contributed by atoms with Gasteiger partial charge in [-0.15, -0.1) is 0 Å². The second kappa shape index (κ2) is 12.6. The topological polar surface area (TPSA) is 86.1 Å². The molecule has 0 bridgehead atoms. The monoisotopic (exact) mass is 493 g/mol. The average molecular weight is 494 g/mol. The minimum Gasteiger partial charge on any atom is -0.492 e. The summed E-state index contributed by atoms with van der Waals surface area (Å²) in [5.74, 6) is 1.99. The summed E-state index contributed by atoms with van der Waals surface area (Å²) in [4.78, 5) is 15.1. The first-order valence-corrected chi connectivity index (χ1v) is 12.4. The molecule has 1 aromatic heterocycles. The first-order chi connectivity index (χ1) is 17.5. The van der Waals surface area contributed by atoms with Crippen LogP contribution in [0.4, 0.5) is 0 Å². The van der Waals surface area contributed by atoms with E-state index in [9.17, 15) is 4.79 Å². The van der Waals surface area contributed by atoms with Gasteiger partial charge in [-0.3, -0.25) is 9.69 Å². The molecule has 3 aromatic rings. The van der Waals surface area contributed by atoms with Gasteiger partial charge in [0, 0.05) is 37.9 Å². The van der Waals surface area contributed by atoms with Crippen molar-refractivity contribution in [3.63, 3.8) is 0 Å². The fourth-order valence-corrected chi connectivity index (χ4v) is 4.24. The Hall–Kier alpha value is -3.36. The number of benzene rings is 2. The smallest absolute Gasteiger partial charge is 0.251 e. The Morgan fingerprint density at radius 1 is 1.08 bits per heavy atom. The minimum absolute atomic E-state index is 0.165. The number of nitrogens with one attached hydrogen (secondary N) is 1. The van der Waals surface area contributed by atoms with Crippen LogP contribution in [-0.4, -0.2) is 55.4 Å². The van der Waals surface area contributed by atoms with Gasteiger partial charge >= 0.3 is 0 Å². The van der Waals surface area contributed by atoms with Crippen LogP contribution in [0.25, 0.3) is 0 Å². The lowest BCUT2D eigenvalue weighted by Gasteiger charge is -2.31. The van der Waals surface area contributed by atoms with Gasteiger partial charge < -0.3 is 24.1 Å². The maximum Gasteiger partial charge on any atom is 0.251 e. The summed E-state index contributed by atoms with van der Waals surface area (Å²) in [6.07, 6.45) is 2.14. The van der Waals surface area contributed by atoms with Crippen LogP contribution in [0, 0.1) is 13.8 Å². The summed E-state index contributed by atoms with van der Waals surface area (Å²) < 4.78 is 22.5. The molecule has 0 unspecified atom stereocenters. The number of ether oxygens (including phenoxy) is 3. The van der Waals surface area contributed by atoms with Crippen molar-refractivity contribution in [3.05, 3.63) is 76.7 Å². The van der Waals surface area contributed by atoms with Crippen molar-refractivity contribution >= 4 is 5.91 Å². The summed E-state index contributed by atoms with van der Waals surface area (Å²) >= 11 is 0. The third-order valence-electron chi connectivity index (χ3n) is 6.54. The number of nitrogens with zero attached hydrogens (tertiary/aromatic N) is 2. The van der Waals surface area contributed by atoms with E-state index in [-0.39, 0.29) is 5.91 Å². The summed E-state index contributed by atoms with van der Waals surface area (Å²) in [5.41, 5.74) is 3.24. The first-order valence-electron chi connectivity index (χ1n) is 12.4. The number of likely N-dealkylation sites (N-methyl/N-ethyl adjacent to an activating group) is 1. The van der Waals surface area contributed by atoms with Gasteiger partial charge in [0.05, 0.1) is 11.3 Å². The highest BCUT2D eigenvalue weighted by Gasteiger charge is 2.18. The molecule has 0 spiro atoms. The largest absolute Gasteiger partial charge is 0.492 e. The highest BCUT2D eigenvalue weighted by atomic mass is 16.5. The maximum atomic E-state index is 12.8. The Kier molecular flexibility index (Phi) is 8.97. The third kappa shape index (κ3) is 7.08. The molecule has 8 nitrogen and oxygen atoms in total. The Labute approximate surface area is 212 Å². The van der Waals surface area contributed by atoms with E-state index in [0.717, 1.165) is 60.9 Å². The van der Waals surface area contributed by atoms with E-state index in [2.05, 4.69) is 22.4 Å². The van der Waals surface area contributed by atoms with Gasteiger partial charge in [-0.2, -0.15) is 0 Å².